The molecule has 0 unspecified atom stereocenters. The molecule has 4 rings (SSSR count). The fourth-order valence-electron chi connectivity index (χ4n) is 3.49. The summed E-state index contributed by atoms with van der Waals surface area (Å²) in [6.07, 6.45) is 1.22. The molecule has 2 aliphatic heterocycles. The summed E-state index contributed by atoms with van der Waals surface area (Å²) in [6, 6.07) is 0.907. The van der Waals surface area contributed by atoms with E-state index < -0.39 is 33.4 Å². The van der Waals surface area contributed by atoms with Gasteiger partial charge in [-0.25, -0.2) is 26.3 Å². The molecule has 1 amide bonds. The topological polar surface area (TPSA) is 101 Å². The Labute approximate surface area is 176 Å². The van der Waals surface area contributed by atoms with Crippen LogP contribution in [0.15, 0.2) is 23.2 Å². The van der Waals surface area contributed by atoms with Gasteiger partial charge in [0.15, 0.2) is 28.9 Å². The predicted octanol–water partition coefficient (Wildman–Crippen LogP) is 1.38. The van der Waals surface area contributed by atoms with Crippen molar-refractivity contribution in [3.63, 3.8) is 0 Å². The monoisotopic (exact) mass is 466 g/mol. The number of ether oxygens (including phenoxy) is 1. The highest BCUT2D eigenvalue weighted by Gasteiger charge is 2.38. The fourth-order valence-corrected chi connectivity index (χ4v) is 4.99. The Bertz CT molecular complexity index is 1090. The maximum atomic E-state index is 13.4. The summed E-state index contributed by atoms with van der Waals surface area (Å²) >= 11 is 0. The number of halogens is 4. The largest absolute Gasteiger partial charge is 0.489 e. The minimum atomic E-state index is -3.97. The van der Waals surface area contributed by atoms with Crippen molar-refractivity contribution in [2.45, 2.75) is 10.9 Å². The summed E-state index contributed by atoms with van der Waals surface area (Å²) < 4.78 is 75.0. The maximum absolute atomic E-state index is 13.4. The molecular weight excluding hydrogens is 449 g/mol. The number of fused-ring (bicyclic) bond motifs is 2. The van der Waals surface area contributed by atoms with Crippen molar-refractivity contribution < 1.29 is 31.1 Å². The number of sulfonamides is 1. The van der Waals surface area contributed by atoms with E-state index in [2.05, 4.69) is 15.4 Å². The number of aromatic nitrogens is 1. The average Bonchev–Trinajstić information content (AvgIpc) is 3.20. The summed E-state index contributed by atoms with van der Waals surface area (Å²) in [5.74, 6) is -5.75. The first-order valence-electron chi connectivity index (χ1n) is 8.68. The van der Waals surface area contributed by atoms with E-state index in [-0.39, 0.29) is 53.0 Å². The predicted molar refractivity (Wildman–Crippen MR) is 103 cm³/mol. The molecule has 8 nitrogen and oxygen atoms in total. The molecule has 1 fully saturated rings. The van der Waals surface area contributed by atoms with Crippen LogP contribution in [-0.4, -0.2) is 44.6 Å². The number of benzene rings is 1. The van der Waals surface area contributed by atoms with Gasteiger partial charge in [-0.3, -0.25) is 4.79 Å². The van der Waals surface area contributed by atoms with Crippen LogP contribution >= 0.6 is 12.4 Å². The molecule has 0 radical (unpaired) electrons. The molecule has 0 spiro atoms. The fraction of sp³-hybridized carbons (Fsp3) is 0.353. The first kappa shape index (κ1) is 22.4. The van der Waals surface area contributed by atoms with Crippen molar-refractivity contribution in [3.05, 3.63) is 41.5 Å². The quantitative estimate of drug-likeness (QED) is 0.580. The lowest BCUT2D eigenvalue weighted by Crippen LogP contribution is -2.43. The van der Waals surface area contributed by atoms with Gasteiger partial charge in [-0.05, 0) is 0 Å². The summed E-state index contributed by atoms with van der Waals surface area (Å²) in [5.41, 5.74) is -0.479. The molecule has 0 aliphatic carbocycles. The second-order valence-corrected chi connectivity index (χ2v) is 8.63. The number of rotatable bonds is 2. The molecule has 2 aliphatic rings. The van der Waals surface area contributed by atoms with E-state index in [4.69, 9.17) is 4.74 Å². The first-order chi connectivity index (χ1) is 13.7. The second-order valence-electron chi connectivity index (χ2n) is 6.95. The van der Waals surface area contributed by atoms with Crippen LogP contribution in [0.4, 0.5) is 18.9 Å². The molecule has 164 valence electrons. The normalized spacial score (nSPS) is 22.0. The van der Waals surface area contributed by atoms with Crippen molar-refractivity contribution in [1.82, 2.24) is 14.6 Å². The highest BCUT2D eigenvalue weighted by Crippen LogP contribution is 2.34. The molecule has 3 heterocycles. The summed E-state index contributed by atoms with van der Waals surface area (Å²) in [6.45, 7) is 1.17. The van der Waals surface area contributed by atoms with Crippen LogP contribution in [0.2, 0.25) is 0 Å². The molecule has 2 atom stereocenters. The Kier molecular flexibility index (Phi) is 6.05. The Balaban J connectivity index is 0.00000256. The zero-order valence-corrected chi connectivity index (χ0v) is 17.2. The third-order valence-corrected chi connectivity index (χ3v) is 6.42. The van der Waals surface area contributed by atoms with E-state index >= 15 is 0 Å². The zero-order valence-electron chi connectivity index (χ0n) is 15.5. The SMILES string of the molecule is Cl.Cn1cc2c(c1C(=O)Nc1cc(F)c(F)c(F)c1)OC[C@@H]1CNC[C@@H]1NS2(=O)=O. The highest BCUT2D eigenvalue weighted by atomic mass is 35.5. The molecule has 0 bridgehead atoms. The van der Waals surface area contributed by atoms with E-state index in [1.807, 2.05) is 0 Å². The van der Waals surface area contributed by atoms with Crippen molar-refractivity contribution in [3.8, 4) is 5.75 Å². The van der Waals surface area contributed by atoms with Gasteiger partial charge in [0, 0.05) is 56.1 Å². The third-order valence-electron chi connectivity index (χ3n) is 4.94. The summed E-state index contributed by atoms with van der Waals surface area (Å²) in [5, 5.41) is 5.32. The number of anilines is 1. The van der Waals surface area contributed by atoms with Crippen molar-refractivity contribution in [2.75, 3.05) is 25.0 Å². The van der Waals surface area contributed by atoms with Crippen LogP contribution in [-0.2, 0) is 17.1 Å². The smallest absolute Gasteiger partial charge is 0.276 e. The molecule has 1 saturated heterocycles. The van der Waals surface area contributed by atoms with Gasteiger partial charge in [-0.2, -0.15) is 0 Å². The van der Waals surface area contributed by atoms with E-state index in [9.17, 15) is 26.4 Å². The van der Waals surface area contributed by atoms with E-state index in [1.54, 1.807) is 0 Å². The Morgan fingerprint density at radius 2 is 1.90 bits per heavy atom. The third kappa shape index (κ3) is 3.87. The van der Waals surface area contributed by atoms with Gasteiger partial charge in [0.1, 0.15) is 4.90 Å². The van der Waals surface area contributed by atoms with Gasteiger partial charge in [-0.15, -0.1) is 12.4 Å². The molecule has 30 heavy (non-hydrogen) atoms. The van der Waals surface area contributed by atoms with Gasteiger partial charge in [0.25, 0.3) is 5.91 Å². The number of nitrogens with zero attached hydrogens (tertiary/aromatic N) is 1. The van der Waals surface area contributed by atoms with Crippen molar-refractivity contribution in [2.24, 2.45) is 13.0 Å². The molecule has 13 heteroatoms. The number of amides is 1. The lowest BCUT2D eigenvalue weighted by Gasteiger charge is -2.24. The number of carbonyl (C=O) groups excluding carboxylic acids is 1. The number of nitrogens with one attached hydrogen (secondary N) is 3. The molecule has 1 aromatic heterocycles. The number of carbonyl (C=O) groups is 1. The van der Waals surface area contributed by atoms with Crippen molar-refractivity contribution in [1.29, 1.82) is 0 Å². The Morgan fingerprint density at radius 3 is 2.57 bits per heavy atom. The van der Waals surface area contributed by atoms with E-state index in [0.29, 0.717) is 25.2 Å². The standard InChI is InChI=1S/C17H17F3N4O4S.ClH/c1-24-6-13-16(28-7-8-4-21-5-12(8)23-29(13,26)27)15(24)17(25)22-9-2-10(18)14(20)11(19)3-9;/h2-3,6,8,12,21,23H,4-5,7H2,1H3,(H,22,25);1H/t8-,12-;/m0./s1. The van der Waals surface area contributed by atoms with E-state index in [0.717, 1.165) is 0 Å². The lowest BCUT2D eigenvalue weighted by molar-refractivity contribution is 0.101. The molecule has 1 aromatic carbocycles. The number of aryl methyl sites for hydroxylation is 1. The maximum Gasteiger partial charge on any atom is 0.276 e. The van der Waals surface area contributed by atoms with Gasteiger partial charge < -0.3 is 19.9 Å². The Hall–Kier alpha value is -2.28. The van der Waals surface area contributed by atoms with Crippen molar-refractivity contribution >= 4 is 34.0 Å². The molecular formula is C17H18ClF3N4O4S. The number of hydrogen-bond acceptors (Lipinski definition) is 5. The van der Waals surface area contributed by atoms with Gasteiger partial charge in [-0.1, -0.05) is 0 Å². The molecule has 0 saturated carbocycles. The van der Waals surface area contributed by atoms with E-state index in [1.165, 1.54) is 17.8 Å². The number of hydrogen-bond donors (Lipinski definition) is 3. The molecule has 3 N–H and O–H groups in total. The van der Waals surface area contributed by atoms with Gasteiger partial charge >= 0.3 is 0 Å². The first-order valence-corrected chi connectivity index (χ1v) is 10.2. The van der Waals surface area contributed by atoms with Gasteiger partial charge in [0.05, 0.1) is 6.61 Å². The average molecular weight is 467 g/mol. The highest BCUT2D eigenvalue weighted by molar-refractivity contribution is 7.89. The van der Waals surface area contributed by atoms with Crippen LogP contribution < -0.4 is 20.1 Å². The second kappa shape index (κ2) is 8.10. The summed E-state index contributed by atoms with van der Waals surface area (Å²) in [4.78, 5) is 12.5. The van der Waals surface area contributed by atoms with Crippen LogP contribution in [0, 0.1) is 23.4 Å². The van der Waals surface area contributed by atoms with Crippen LogP contribution in [0.1, 0.15) is 10.5 Å². The summed E-state index contributed by atoms with van der Waals surface area (Å²) in [7, 11) is -2.53. The Morgan fingerprint density at radius 1 is 1.23 bits per heavy atom. The minimum Gasteiger partial charge on any atom is -0.489 e. The zero-order chi connectivity index (χ0) is 20.9. The van der Waals surface area contributed by atoms with Crippen LogP contribution in [0.3, 0.4) is 0 Å². The van der Waals surface area contributed by atoms with Crippen LogP contribution in [0.25, 0.3) is 0 Å². The lowest BCUT2D eigenvalue weighted by atomic mass is 10.1. The minimum absolute atomic E-state index is 0. The van der Waals surface area contributed by atoms with Crippen LogP contribution in [0.5, 0.6) is 5.75 Å². The molecule has 2 aromatic rings. The van der Waals surface area contributed by atoms with Gasteiger partial charge in [0.2, 0.25) is 10.0 Å².